The number of fused-ring (bicyclic) bond motifs is 2. The Morgan fingerprint density at radius 2 is 1.80 bits per heavy atom. The van der Waals surface area contributed by atoms with Crippen LogP contribution in [-0.4, -0.2) is 11.1 Å². The molecule has 25 heavy (non-hydrogen) atoms. The third-order valence-corrected chi connectivity index (χ3v) is 4.74. The van der Waals surface area contributed by atoms with E-state index in [1.54, 1.807) is 6.26 Å². The van der Waals surface area contributed by atoms with Gasteiger partial charge in [-0.2, -0.15) is 0 Å². The summed E-state index contributed by atoms with van der Waals surface area (Å²) in [5.41, 5.74) is 3.74. The third kappa shape index (κ3) is 2.84. The number of carbonyl (C=O) groups is 1. The number of aliphatic carboxylic acids is 1. The zero-order valence-electron chi connectivity index (χ0n) is 15.1. The minimum absolute atomic E-state index is 0.0823. The Balaban J connectivity index is 2.35. The Kier molecular flexibility index (Phi) is 3.98. The maximum atomic E-state index is 12.3. The molecule has 0 spiro atoms. The van der Waals surface area contributed by atoms with Crippen LogP contribution >= 0.6 is 0 Å². The molecular formula is C20H22O5. The molecule has 3 aromatic rings. The number of furan rings is 1. The molecule has 3 rings (SSSR count). The molecule has 0 saturated heterocycles. The van der Waals surface area contributed by atoms with Gasteiger partial charge in [-0.15, -0.1) is 0 Å². The quantitative estimate of drug-likeness (QED) is 0.710. The molecule has 0 atom stereocenters. The summed E-state index contributed by atoms with van der Waals surface area (Å²) in [5, 5.41) is 10.7. The van der Waals surface area contributed by atoms with Gasteiger partial charge >= 0.3 is 11.6 Å². The largest absolute Gasteiger partial charge is 0.481 e. The summed E-state index contributed by atoms with van der Waals surface area (Å²) >= 11 is 0. The zero-order valence-corrected chi connectivity index (χ0v) is 15.1. The number of aryl methyl sites for hydroxylation is 2. The average Bonchev–Trinajstić information content (AvgIpc) is 2.92. The predicted octanol–water partition coefficient (Wildman–Crippen LogP) is 4.47. The SMILES string of the molecule is Cc1c(CCC(=O)O)c(=O)oc2c(C)c3occ(C(C)(C)C)c3cc12. The lowest BCUT2D eigenvalue weighted by Crippen LogP contribution is -2.13. The molecule has 2 aromatic heterocycles. The van der Waals surface area contributed by atoms with E-state index in [1.165, 1.54) is 0 Å². The minimum Gasteiger partial charge on any atom is -0.481 e. The highest BCUT2D eigenvalue weighted by molar-refractivity contribution is 6.00. The fraction of sp³-hybridized carbons (Fsp3) is 0.400. The maximum Gasteiger partial charge on any atom is 0.339 e. The number of hydrogen-bond acceptors (Lipinski definition) is 4. The second-order valence-corrected chi connectivity index (χ2v) is 7.54. The van der Waals surface area contributed by atoms with Crippen LogP contribution in [-0.2, 0) is 16.6 Å². The van der Waals surface area contributed by atoms with Crippen LogP contribution < -0.4 is 5.63 Å². The molecule has 0 aliphatic heterocycles. The first-order chi connectivity index (χ1) is 11.6. The van der Waals surface area contributed by atoms with Crippen molar-refractivity contribution in [2.45, 2.75) is 52.9 Å². The summed E-state index contributed by atoms with van der Waals surface area (Å²) < 4.78 is 11.3. The molecule has 0 radical (unpaired) electrons. The van der Waals surface area contributed by atoms with Crippen molar-refractivity contribution in [3.63, 3.8) is 0 Å². The molecule has 5 nitrogen and oxygen atoms in total. The van der Waals surface area contributed by atoms with E-state index in [9.17, 15) is 9.59 Å². The van der Waals surface area contributed by atoms with E-state index >= 15 is 0 Å². The van der Waals surface area contributed by atoms with Crippen LogP contribution in [0.5, 0.6) is 0 Å². The van der Waals surface area contributed by atoms with E-state index in [1.807, 2.05) is 19.9 Å². The van der Waals surface area contributed by atoms with Gasteiger partial charge in [-0.1, -0.05) is 20.8 Å². The van der Waals surface area contributed by atoms with Crippen LogP contribution in [0.25, 0.3) is 21.9 Å². The Morgan fingerprint density at radius 1 is 1.12 bits per heavy atom. The van der Waals surface area contributed by atoms with Crippen molar-refractivity contribution in [2.24, 2.45) is 0 Å². The van der Waals surface area contributed by atoms with Crippen LogP contribution in [0, 0.1) is 13.8 Å². The van der Waals surface area contributed by atoms with Crippen molar-refractivity contribution in [3.05, 3.63) is 45.0 Å². The summed E-state index contributed by atoms with van der Waals surface area (Å²) in [6.45, 7) is 10.1. The van der Waals surface area contributed by atoms with Crippen LogP contribution in [0.2, 0.25) is 0 Å². The van der Waals surface area contributed by atoms with Crippen molar-refractivity contribution in [1.29, 1.82) is 0 Å². The summed E-state index contributed by atoms with van der Waals surface area (Å²) in [7, 11) is 0. The van der Waals surface area contributed by atoms with E-state index in [4.69, 9.17) is 13.9 Å². The topological polar surface area (TPSA) is 80.6 Å². The minimum atomic E-state index is -0.935. The molecule has 0 unspecified atom stereocenters. The molecule has 0 fully saturated rings. The van der Waals surface area contributed by atoms with E-state index in [0.29, 0.717) is 11.1 Å². The van der Waals surface area contributed by atoms with Gasteiger partial charge in [0, 0.05) is 33.9 Å². The van der Waals surface area contributed by atoms with Crippen LogP contribution in [0.1, 0.15) is 49.4 Å². The van der Waals surface area contributed by atoms with Gasteiger partial charge in [0.1, 0.15) is 11.2 Å². The van der Waals surface area contributed by atoms with Crippen molar-refractivity contribution in [2.75, 3.05) is 0 Å². The molecule has 2 heterocycles. The molecule has 132 valence electrons. The molecule has 0 amide bonds. The molecule has 0 saturated carbocycles. The fourth-order valence-electron chi connectivity index (χ4n) is 3.30. The highest BCUT2D eigenvalue weighted by Gasteiger charge is 2.23. The summed E-state index contributed by atoms with van der Waals surface area (Å²) in [6, 6.07) is 1.99. The Labute approximate surface area is 145 Å². The first-order valence-electron chi connectivity index (χ1n) is 8.30. The van der Waals surface area contributed by atoms with Gasteiger partial charge in [-0.3, -0.25) is 4.79 Å². The standard InChI is InChI=1S/C20H22O5/c1-10-12(6-7-16(21)22)19(23)25-18-11(2)17-14(8-13(10)18)15(9-24-17)20(3,4)5/h8-9H,6-7H2,1-5H3,(H,21,22). The van der Waals surface area contributed by atoms with E-state index in [2.05, 4.69) is 20.8 Å². The molecule has 5 heteroatoms. The van der Waals surface area contributed by atoms with Crippen LogP contribution in [0.15, 0.2) is 26.0 Å². The van der Waals surface area contributed by atoms with Crippen LogP contribution in [0.4, 0.5) is 0 Å². The van der Waals surface area contributed by atoms with E-state index in [0.717, 1.165) is 33.0 Å². The van der Waals surface area contributed by atoms with Crippen molar-refractivity contribution in [1.82, 2.24) is 0 Å². The smallest absolute Gasteiger partial charge is 0.339 e. The number of rotatable bonds is 3. The van der Waals surface area contributed by atoms with Gasteiger partial charge in [-0.25, -0.2) is 4.79 Å². The Morgan fingerprint density at radius 3 is 2.40 bits per heavy atom. The number of hydrogen-bond donors (Lipinski definition) is 1. The Hall–Kier alpha value is -2.56. The first-order valence-corrected chi connectivity index (χ1v) is 8.30. The average molecular weight is 342 g/mol. The van der Waals surface area contributed by atoms with Gasteiger partial charge in [0.25, 0.3) is 0 Å². The van der Waals surface area contributed by atoms with Crippen molar-refractivity contribution >= 4 is 27.9 Å². The Bertz CT molecular complexity index is 1040. The third-order valence-electron chi connectivity index (χ3n) is 4.74. The summed E-state index contributed by atoms with van der Waals surface area (Å²) in [6.07, 6.45) is 1.82. The summed E-state index contributed by atoms with van der Waals surface area (Å²) in [5.74, 6) is -0.935. The highest BCUT2D eigenvalue weighted by atomic mass is 16.4. The number of carboxylic acids is 1. The molecule has 0 aliphatic rings. The maximum absolute atomic E-state index is 12.3. The van der Waals surface area contributed by atoms with Gasteiger partial charge < -0.3 is 13.9 Å². The van der Waals surface area contributed by atoms with Gasteiger partial charge in [0.15, 0.2) is 0 Å². The van der Waals surface area contributed by atoms with Crippen molar-refractivity contribution in [3.8, 4) is 0 Å². The van der Waals surface area contributed by atoms with Crippen molar-refractivity contribution < 1.29 is 18.7 Å². The molecule has 0 aliphatic carbocycles. The highest BCUT2D eigenvalue weighted by Crippen LogP contribution is 2.37. The predicted molar refractivity (Wildman–Crippen MR) is 96.4 cm³/mol. The lowest BCUT2D eigenvalue weighted by atomic mass is 9.86. The first kappa shape index (κ1) is 17.3. The molecule has 0 bridgehead atoms. The number of carboxylic acid groups (broad SMARTS) is 1. The second kappa shape index (κ2) is 5.76. The van der Waals surface area contributed by atoms with Gasteiger partial charge in [0.2, 0.25) is 0 Å². The lowest BCUT2D eigenvalue weighted by molar-refractivity contribution is -0.136. The molecule has 1 aromatic carbocycles. The number of benzene rings is 1. The molecule has 1 N–H and O–H groups in total. The lowest BCUT2D eigenvalue weighted by Gasteiger charge is -2.17. The van der Waals surface area contributed by atoms with Gasteiger partial charge in [0.05, 0.1) is 6.26 Å². The summed E-state index contributed by atoms with van der Waals surface area (Å²) in [4.78, 5) is 23.2. The van der Waals surface area contributed by atoms with E-state index in [-0.39, 0.29) is 18.3 Å². The normalized spacial score (nSPS) is 12.2. The fourth-order valence-corrected chi connectivity index (χ4v) is 3.30. The van der Waals surface area contributed by atoms with E-state index < -0.39 is 11.6 Å². The van der Waals surface area contributed by atoms with Gasteiger partial charge in [-0.05, 0) is 37.3 Å². The zero-order chi connectivity index (χ0) is 18.5. The van der Waals surface area contributed by atoms with Crippen LogP contribution in [0.3, 0.4) is 0 Å². The second-order valence-electron chi connectivity index (χ2n) is 7.54. The monoisotopic (exact) mass is 342 g/mol. The molecular weight excluding hydrogens is 320 g/mol.